The number of thioether (sulfide) groups is 2. The molecule has 1 aromatic heterocycles. The molecule has 0 aliphatic carbocycles. The summed E-state index contributed by atoms with van der Waals surface area (Å²) in [6.45, 7) is 4.59. The molecule has 1 N–H and O–H groups in total. The molecular weight excluding hydrogens is 458 g/mol. The molecule has 2 aromatic carbocycles. The first kappa shape index (κ1) is 23.3. The number of nitrogens with zero attached hydrogens (tertiary/aromatic N) is 2. The van der Waals surface area contributed by atoms with Crippen molar-refractivity contribution >= 4 is 35.1 Å². The van der Waals surface area contributed by atoms with E-state index in [9.17, 15) is 9.59 Å². The lowest BCUT2D eigenvalue weighted by Crippen LogP contribution is -2.24. The van der Waals surface area contributed by atoms with Crippen molar-refractivity contribution in [2.75, 3.05) is 24.8 Å². The minimum Gasteiger partial charge on any atom is -0.497 e. The highest BCUT2D eigenvalue weighted by molar-refractivity contribution is 8.00. The molecule has 0 radical (unpaired) electrons. The van der Waals surface area contributed by atoms with Crippen LogP contribution in [-0.4, -0.2) is 40.2 Å². The Morgan fingerprint density at radius 3 is 2.55 bits per heavy atom. The second-order valence-electron chi connectivity index (χ2n) is 7.44. The fraction of sp³-hybridized carbons (Fsp3) is 0.292. The van der Waals surface area contributed by atoms with Gasteiger partial charge in [0.25, 0.3) is 5.56 Å². The van der Waals surface area contributed by atoms with Crippen LogP contribution in [0.25, 0.3) is 5.69 Å². The van der Waals surface area contributed by atoms with E-state index in [1.54, 1.807) is 47.7 Å². The number of benzene rings is 2. The van der Waals surface area contributed by atoms with Crippen LogP contribution in [0.2, 0.25) is 0 Å². The van der Waals surface area contributed by atoms with Crippen LogP contribution in [0.1, 0.15) is 19.5 Å². The molecule has 33 heavy (non-hydrogen) atoms. The maximum absolute atomic E-state index is 13.3. The first-order valence-corrected chi connectivity index (χ1v) is 12.5. The van der Waals surface area contributed by atoms with Crippen molar-refractivity contribution in [3.05, 3.63) is 64.6 Å². The normalized spacial score (nSPS) is 14.6. The van der Waals surface area contributed by atoms with Gasteiger partial charge in [0.15, 0.2) is 5.16 Å². The van der Waals surface area contributed by atoms with Crippen LogP contribution < -0.4 is 20.3 Å². The lowest BCUT2D eigenvalue weighted by atomic mass is 10.2. The molecule has 1 unspecified atom stereocenters. The van der Waals surface area contributed by atoms with Gasteiger partial charge in [-0.1, -0.05) is 18.7 Å². The van der Waals surface area contributed by atoms with Gasteiger partial charge in [0, 0.05) is 17.4 Å². The van der Waals surface area contributed by atoms with Gasteiger partial charge in [0.1, 0.15) is 11.5 Å². The van der Waals surface area contributed by atoms with E-state index >= 15 is 0 Å². The van der Waals surface area contributed by atoms with Gasteiger partial charge in [-0.25, -0.2) is 4.98 Å². The zero-order chi connectivity index (χ0) is 23.4. The van der Waals surface area contributed by atoms with Crippen LogP contribution in [0.4, 0.5) is 5.69 Å². The molecule has 0 spiro atoms. The van der Waals surface area contributed by atoms with Crippen molar-refractivity contribution in [1.29, 1.82) is 0 Å². The summed E-state index contributed by atoms with van der Waals surface area (Å²) in [7, 11) is 1.60. The minimum absolute atomic E-state index is 0.103. The summed E-state index contributed by atoms with van der Waals surface area (Å²) in [6, 6.07) is 14.5. The molecule has 0 saturated carbocycles. The van der Waals surface area contributed by atoms with E-state index in [-0.39, 0.29) is 17.2 Å². The third kappa shape index (κ3) is 5.36. The number of carbonyl (C=O) groups is 1. The second kappa shape index (κ2) is 10.4. The molecule has 1 aliphatic heterocycles. The number of hydrogen-bond acceptors (Lipinski definition) is 7. The zero-order valence-corrected chi connectivity index (χ0v) is 20.3. The van der Waals surface area contributed by atoms with E-state index in [0.717, 1.165) is 17.9 Å². The predicted molar refractivity (Wildman–Crippen MR) is 132 cm³/mol. The van der Waals surface area contributed by atoms with Gasteiger partial charge in [-0.2, -0.15) is 0 Å². The summed E-state index contributed by atoms with van der Waals surface area (Å²) < 4.78 is 12.2. The summed E-state index contributed by atoms with van der Waals surface area (Å²) in [4.78, 5) is 31.4. The fourth-order valence-electron chi connectivity index (χ4n) is 3.48. The Morgan fingerprint density at radius 2 is 1.88 bits per heavy atom. The van der Waals surface area contributed by atoms with E-state index in [1.807, 2.05) is 31.2 Å². The van der Waals surface area contributed by atoms with E-state index < -0.39 is 0 Å². The topological polar surface area (TPSA) is 82.5 Å². The Hall–Kier alpha value is -2.91. The highest BCUT2D eigenvalue weighted by atomic mass is 32.2. The highest BCUT2D eigenvalue weighted by Gasteiger charge is 2.27. The second-order valence-corrected chi connectivity index (χ2v) is 9.83. The number of nitrogens with one attached hydrogen (secondary N) is 1. The first-order valence-electron chi connectivity index (χ1n) is 10.6. The Kier molecular flexibility index (Phi) is 7.29. The third-order valence-electron chi connectivity index (χ3n) is 4.99. The number of ether oxygens (including phenoxy) is 2. The van der Waals surface area contributed by atoms with Gasteiger partial charge < -0.3 is 14.8 Å². The number of amides is 1. The molecule has 4 rings (SSSR count). The molecular formula is C24H25N3O4S2. The molecule has 3 aromatic rings. The Balaban J connectivity index is 1.56. The fourth-order valence-corrected chi connectivity index (χ4v) is 5.41. The van der Waals surface area contributed by atoms with Gasteiger partial charge in [0.05, 0.1) is 35.7 Å². The quantitative estimate of drug-likeness (QED) is 0.375. The lowest BCUT2D eigenvalue weighted by molar-refractivity contribution is -0.113. The van der Waals surface area contributed by atoms with Crippen LogP contribution in [0.15, 0.2) is 63.4 Å². The average molecular weight is 484 g/mol. The van der Waals surface area contributed by atoms with Crippen LogP contribution in [0.3, 0.4) is 0 Å². The summed E-state index contributed by atoms with van der Waals surface area (Å²) >= 11 is 2.80. The van der Waals surface area contributed by atoms with Crippen LogP contribution in [0.5, 0.6) is 11.5 Å². The van der Waals surface area contributed by atoms with Crippen molar-refractivity contribution in [2.24, 2.45) is 0 Å². The van der Waals surface area contributed by atoms with Gasteiger partial charge >= 0.3 is 0 Å². The van der Waals surface area contributed by atoms with E-state index in [0.29, 0.717) is 39.0 Å². The number of fused-ring (bicyclic) bond motifs is 1. The molecule has 1 atom stereocenters. The van der Waals surface area contributed by atoms with Crippen molar-refractivity contribution < 1.29 is 14.3 Å². The maximum atomic E-state index is 13.3. The predicted octanol–water partition coefficient (Wildman–Crippen LogP) is 4.41. The van der Waals surface area contributed by atoms with Crippen molar-refractivity contribution in [3.8, 4) is 17.2 Å². The summed E-state index contributed by atoms with van der Waals surface area (Å²) in [6.07, 6.45) is 0.741. The number of methoxy groups -OCH3 is 1. The zero-order valence-electron chi connectivity index (χ0n) is 18.7. The maximum Gasteiger partial charge on any atom is 0.272 e. The van der Waals surface area contributed by atoms with Crippen molar-refractivity contribution in [1.82, 2.24) is 9.55 Å². The molecule has 172 valence electrons. The van der Waals surface area contributed by atoms with Gasteiger partial charge in [-0.15, -0.1) is 11.8 Å². The summed E-state index contributed by atoms with van der Waals surface area (Å²) in [5, 5.41) is 3.68. The van der Waals surface area contributed by atoms with E-state index in [4.69, 9.17) is 14.5 Å². The first-order chi connectivity index (χ1) is 16.0. The van der Waals surface area contributed by atoms with Crippen molar-refractivity contribution in [2.45, 2.75) is 35.6 Å². The van der Waals surface area contributed by atoms with Gasteiger partial charge in [-0.05, 0) is 55.5 Å². The minimum atomic E-state index is -0.178. The molecule has 2 heterocycles. The van der Waals surface area contributed by atoms with Crippen LogP contribution >= 0.6 is 23.5 Å². The number of carbonyl (C=O) groups excluding carboxylic acids is 1. The van der Waals surface area contributed by atoms with Gasteiger partial charge in [-0.3, -0.25) is 14.2 Å². The Labute approximate surface area is 200 Å². The lowest BCUT2D eigenvalue weighted by Gasteiger charge is -2.14. The van der Waals surface area contributed by atoms with E-state index in [2.05, 4.69) is 12.2 Å². The monoisotopic (exact) mass is 483 g/mol. The van der Waals surface area contributed by atoms with Crippen molar-refractivity contribution in [3.63, 3.8) is 0 Å². The van der Waals surface area contributed by atoms with Gasteiger partial charge in [0.2, 0.25) is 5.91 Å². The average Bonchev–Trinajstić information content (AvgIpc) is 3.20. The molecule has 1 amide bonds. The standard InChI is InChI=1S/C24H25N3O4S2/c1-4-31-19-9-5-16(6-10-19)25-21(28)14-32-24-26-20-13-15(2)33-22(20)23(29)27(24)17-7-11-18(30-3)12-8-17/h5-12,15H,4,13-14H2,1-3H3,(H,25,28). The van der Waals surface area contributed by atoms with E-state index in [1.165, 1.54) is 11.8 Å². The smallest absolute Gasteiger partial charge is 0.272 e. The summed E-state index contributed by atoms with van der Waals surface area (Å²) in [5.74, 6) is 1.40. The number of hydrogen-bond donors (Lipinski definition) is 1. The number of anilines is 1. The molecule has 0 bridgehead atoms. The SMILES string of the molecule is CCOc1ccc(NC(=O)CSc2nc3c(c(=O)n2-c2ccc(OC)cc2)SC(C)C3)cc1. The van der Waals surface area contributed by atoms with Crippen LogP contribution in [-0.2, 0) is 11.2 Å². The number of aromatic nitrogens is 2. The highest BCUT2D eigenvalue weighted by Crippen LogP contribution is 2.35. The molecule has 7 nitrogen and oxygen atoms in total. The van der Waals surface area contributed by atoms with Crippen LogP contribution in [0, 0.1) is 0 Å². The molecule has 1 aliphatic rings. The number of rotatable bonds is 8. The Morgan fingerprint density at radius 1 is 1.18 bits per heavy atom. The largest absolute Gasteiger partial charge is 0.497 e. The third-order valence-corrected chi connectivity index (χ3v) is 7.15. The molecule has 9 heteroatoms. The Bertz CT molecular complexity index is 1190. The summed E-state index contributed by atoms with van der Waals surface area (Å²) in [5.41, 5.74) is 2.07. The molecule has 0 saturated heterocycles. The molecule has 0 fully saturated rings.